The minimum Gasteiger partial charge on any atom is -0.457 e. The first-order chi connectivity index (χ1) is 13.4. The Morgan fingerprint density at radius 2 is 1.71 bits per heavy atom. The lowest BCUT2D eigenvalue weighted by atomic mass is 10.1. The number of imide groups is 1. The van der Waals surface area contributed by atoms with Gasteiger partial charge in [0.25, 0.3) is 5.91 Å². The van der Waals surface area contributed by atoms with Crippen LogP contribution >= 0.6 is 0 Å². The quantitative estimate of drug-likeness (QED) is 0.761. The van der Waals surface area contributed by atoms with Crippen molar-refractivity contribution >= 4 is 22.0 Å². The van der Waals surface area contributed by atoms with Crippen molar-refractivity contribution in [3.05, 3.63) is 54.1 Å². The van der Waals surface area contributed by atoms with Crippen LogP contribution in [0.4, 0.5) is 4.79 Å². The van der Waals surface area contributed by atoms with E-state index < -0.39 is 28.1 Å². The molecule has 2 heterocycles. The topological polar surface area (TPSA) is 93.2 Å². The van der Waals surface area contributed by atoms with Crippen LogP contribution in [0.3, 0.4) is 0 Å². The maximum Gasteiger partial charge on any atom is 0.417 e. The Morgan fingerprint density at radius 3 is 2.32 bits per heavy atom. The molecule has 0 radical (unpaired) electrons. The zero-order valence-electron chi connectivity index (χ0n) is 15.1. The number of hydrogen-bond donors (Lipinski definition) is 0. The summed E-state index contributed by atoms with van der Waals surface area (Å²) in [5.74, 6) is 0.788. The summed E-state index contributed by atoms with van der Waals surface area (Å²) < 4.78 is 37.1. The summed E-state index contributed by atoms with van der Waals surface area (Å²) >= 11 is 0. The van der Waals surface area contributed by atoms with Crippen molar-refractivity contribution in [1.82, 2.24) is 9.21 Å². The first-order valence-corrected chi connectivity index (χ1v) is 10.1. The third-order valence-corrected chi connectivity index (χ3v) is 6.61. The molecule has 146 valence electrons. The maximum absolute atomic E-state index is 12.7. The van der Waals surface area contributed by atoms with Gasteiger partial charge in [0.1, 0.15) is 11.5 Å². The average molecular weight is 402 g/mol. The Hall–Kier alpha value is -2.91. The van der Waals surface area contributed by atoms with Crippen LogP contribution in [0.15, 0.2) is 53.4 Å². The SMILES string of the molecule is Cc1ccccc1Oc1ccc(S(=O)(=O)N2CC(N3C(=O)COC3=O)C2)cc1. The Balaban J connectivity index is 1.43. The molecule has 4 rings (SSSR count). The van der Waals surface area contributed by atoms with Crippen molar-refractivity contribution in [1.29, 1.82) is 0 Å². The Bertz CT molecular complexity index is 1010. The van der Waals surface area contributed by atoms with E-state index in [4.69, 9.17) is 4.74 Å². The average Bonchev–Trinajstić information content (AvgIpc) is 2.95. The van der Waals surface area contributed by atoms with E-state index in [2.05, 4.69) is 4.74 Å². The molecule has 2 aliphatic heterocycles. The number of sulfonamides is 1. The van der Waals surface area contributed by atoms with E-state index in [1.807, 2.05) is 31.2 Å². The van der Waals surface area contributed by atoms with Gasteiger partial charge >= 0.3 is 6.09 Å². The first kappa shape index (κ1) is 18.5. The van der Waals surface area contributed by atoms with E-state index in [0.29, 0.717) is 11.5 Å². The largest absolute Gasteiger partial charge is 0.457 e. The van der Waals surface area contributed by atoms with E-state index in [0.717, 1.165) is 10.5 Å². The summed E-state index contributed by atoms with van der Waals surface area (Å²) in [6.45, 7) is 1.76. The molecule has 9 heteroatoms. The minimum absolute atomic E-state index is 0.0602. The Labute approximate surface area is 162 Å². The highest BCUT2D eigenvalue weighted by Gasteiger charge is 2.46. The van der Waals surface area contributed by atoms with Gasteiger partial charge in [-0.2, -0.15) is 4.31 Å². The second-order valence-corrected chi connectivity index (χ2v) is 8.57. The lowest BCUT2D eigenvalue weighted by molar-refractivity contribution is -0.128. The van der Waals surface area contributed by atoms with Crippen molar-refractivity contribution < 1.29 is 27.5 Å². The molecule has 2 amide bonds. The van der Waals surface area contributed by atoms with E-state index in [1.165, 1.54) is 16.4 Å². The zero-order valence-corrected chi connectivity index (χ0v) is 15.9. The second kappa shape index (κ2) is 6.92. The fourth-order valence-corrected chi connectivity index (χ4v) is 4.63. The number of amides is 2. The Morgan fingerprint density at radius 1 is 1.04 bits per heavy atom. The molecule has 8 nitrogen and oxygen atoms in total. The zero-order chi connectivity index (χ0) is 19.9. The molecular formula is C19H18N2O6S. The van der Waals surface area contributed by atoms with Crippen molar-refractivity contribution in [3.63, 3.8) is 0 Å². The summed E-state index contributed by atoms with van der Waals surface area (Å²) in [5, 5.41) is 0. The third-order valence-electron chi connectivity index (χ3n) is 4.76. The summed E-state index contributed by atoms with van der Waals surface area (Å²) in [6.07, 6.45) is -0.718. The van der Waals surface area contributed by atoms with Crippen LogP contribution in [-0.2, 0) is 19.6 Å². The van der Waals surface area contributed by atoms with Crippen LogP contribution in [0.1, 0.15) is 5.56 Å². The van der Waals surface area contributed by atoms with Crippen LogP contribution in [0.5, 0.6) is 11.5 Å². The molecule has 0 aliphatic carbocycles. The molecule has 2 aromatic carbocycles. The first-order valence-electron chi connectivity index (χ1n) is 8.69. The molecule has 0 unspecified atom stereocenters. The number of benzene rings is 2. The molecule has 0 bridgehead atoms. The van der Waals surface area contributed by atoms with Crippen LogP contribution in [0, 0.1) is 6.92 Å². The van der Waals surface area contributed by atoms with Crippen LogP contribution in [0.2, 0.25) is 0 Å². The molecule has 2 saturated heterocycles. The monoisotopic (exact) mass is 402 g/mol. The van der Waals surface area contributed by atoms with Crippen LogP contribution < -0.4 is 4.74 Å². The number of nitrogens with zero attached hydrogens (tertiary/aromatic N) is 2. The van der Waals surface area contributed by atoms with Crippen LogP contribution in [-0.4, -0.2) is 55.4 Å². The number of cyclic esters (lactones) is 1. The van der Waals surface area contributed by atoms with Crippen molar-refractivity contribution in [2.75, 3.05) is 19.7 Å². The van der Waals surface area contributed by atoms with Gasteiger partial charge in [-0.05, 0) is 42.8 Å². The summed E-state index contributed by atoms with van der Waals surface area (Å²) in [4.78, 5) is 24.3. The molecule has 0 N–H and O–H groups in total. The van der Waals surface area contributed by atoms with Gasteiger partial charge in [-0.1, -0.05) is 18.2 Å². The maximum atomic E-state index is 12.7. The normalized spacial score (nSPS) is 18.1. The van der Waals surface area contributed by atoms with E-state index in [-0.39, 0.29) is 24.6 Å². The fraction of sp³-hybridized carbons (Fsp3) is 0.263. The third kappa shape index (κ3) is 3.23. The predicted molar refractivity (Wildman–Crippen MR) is 98.4 cm³/mol. The van der Waals surface area contributed by atoms with E-state index in [9.17, 15) is 18.0 Å². The number of hydrogen-bond acceptors (Lipinski definition) is 6. The molecular weight excluding hydrogens is 384 g/mol. The van der Waals surface area contributed by atoms with Gasteiger partial charge in [0.05, 0.1) is 10.9 Å². The summed E-state index contributed by atoms with van der Waals surface area (Å²) in [7, 11) is -3.71. The van der Waals surface area contributed by atoms with Crippen molar-refractivity contribution in [2.45, 2.75) is 17.9 Å². The number of rotatable bonds is 5. The standard InChI is InChI=1S/C19H18N2O6S/c1-13-4-2-3-5-17(13)27-15-6-8-16(9-7-15)28(24,25)20-10-14(11-20)21-18(22)12-26-19(21)23/h2-9,14H,10-12H2,1H3. The lowest BCUT2D eigenvalue weighted by Crippen LogP contribution is -2.62. The van der Waals surface area contributed by atoms with Gasteiger partial charge in [0, 0.05) is 13.1 Å². The van der Waals surface area contributed by atoms with Gasteiger partial charge < -0.3 is 9.47 Å². The second-order valence-electron chi connectivity index (χ2n) is 6.63. The smallest absolute Gasteiger partial charge is 0.417 e. The van der Waals surface area contributed by atoms with Gasteiger partial charge in [-0.3, -0.25) is 4.79 Å². The van der Waals surface area contributed by atoms with Gasteiger partial charge in [0.15, 0.2) is 6.61 Å². The minimum atomic E-state index is -3.71. The van der Waals surface area contributed by atoms with Crippen LogP contribution in [0.25, 0.3) is 0 Å². The number of aryl methyl sites for hydroxylation is 1. The molecule has 28 heavy (non-hydrogen) atoms. The molecule has 2 aromatic rings. The molecule has 0 atom stereocenters. The highest BCUT2D eigenvalue weighted by molar-refractivity contribution is 7.89. The molecule has 2 aliphatic rings. The number of para-hydroxylation sites is 1. The fourth-order valence-electron chi connectivity index (χ4n) is 3.12. The highest BCUT2D eigenvalue weighted by Crippen LogP contribution is 2.29. The summed E-state index contributed by atoms with van der Waals surface area (Å²) in [5.41, 5.74) is 0.973. The van der Waals surface area contributed by atoms with Gasteiger partial charge in [0.2, 0.25) is 10.0 Å². The molecule has 0 saturated carbocycles. The molecule has 0 spiro atoms. The van der Waals surface area contributed by atoms with Crippen molar-refractivity contribution in [3.8, 4) is 11.5 Å². The van der Waals surface area contributed by atoms with E-state index >= 15 is 0 Å². The van der Waals surface area contributed by atoms with Gasteiger partial charge in [-0.25, -0.2) is 18.1 Å². The number of ether oxygens (including phenoxy) is 2. The Kier molecular flexibility index (Phi) is 4.56. The predicted octanol–water partition coefficient (Wildman–Crippen LogP) is 2.14. The van der Waals surface area contributed by atoms with E-state index in [1.54, 1.807) is 12.1 Å². The number of carbonyl (C=O) groups excluding carboxylic acids is 2. The lowest BCUT2D eigenvalue weighted by Gasteiger charge is -2.40. The molecule has 2 fully saturated rings. The summed E-state index contributed by atoms with van der Waals surface area (Å²) in [6, 6.07) is 13.2. The highest BCUT2D eigenvalue weighted by atomic mass is 32.2. The van der Waals surface area contributed by atoms with Crippen molar-refractivity contribution in [2.24, 2.45) is 0 Å². The van der Waals surface area contributed by atoms with Gasteiger partial charge in [-0.15, -0.1) is 0 Å². The molecule has 0 aromatic heterocycles. The number of carbonyl (C=O) groups is 2.